The van der Waals surface area contributed by atoms with Crippen molar-refractivity contribution in [3.05, 3.63) is 58.7 Å². The number of aromatic hydroxyl groups is 2. The minimum absolute atomic E-state index is 0.0887. The number of carbonyl (C=O) groups excluding carboxylic acids is 4. The lowest BCUT2D eigenvalue weighted by Gasteiger charge is -2.14. The second-order valence-corrected chi connectivity index (χ2v) is 7.41. The molecule has 2 amide bonds. The highest BCUT2D eigenvalue weighted by Gasteiger charge is 2.21. The third-order valence-electron chi connectivity index (χ3n) is 5.09. The van der Waals surface area contributed by atoms with Gasteiger partial charge in [-0.25, -0.2) is 0 Å². The van der Waals surface area contributed by atoms with Crippen LogP contribution in [0.1, 0.15) is 65.5 Å². The number of hydrogen-bond donors (Lipinski definition) is 4. The molecule has 32 heavy (non-hydrogen) atoms. The molecule has 2 rings (SSSR count). The van der Waals surface area contributed by atoms with Gasteiger partial charge in [-0.05, 0) is 42.3 Å². The molecule has 0 saturated heterocycles. The van der Waals surface area contributed by atoms with Crippen LogP contribution in [0.2, 0.25) is 0 Å². The standard InChI is InChI=1S/C24H28N2O6/c1-4-19(27)17-8-6-15(10-21(17)29)12-25-23(31)14(3)24(32)26-13-16-7-9-18(20(28)5-2)22(30)11-16/h6-11,14,29-30H,4-5,12-13H2,1-3H3,(H,25,31)(H,26,32). The zero-order valence-corrected chi connectivity index (χ0v) is 18.4. The molecule has 0 aliphatic heterocycles. The van der Waals surface area contributed by atoms with Crippen LogP contribution in [-0.2, 0) is 22.7 Å². The van der Waals surface area contributed by atoms with Crippen LogP contribution in [0.3, 0.4) is 0 Å². The van der Waals surface area contributed by atoms with Crippen molar-refractivity contribution in [1.82, 2.24) is 10.6 Å². The highest BCUT2D eigenvalue weighted by atomic mass is 16.3. The van der Waals surface area contributed by atoms with Crippen LogP contribution >= 0.6 is 0 Å². The van der Waals surface area contributed by atoms with Gasteiger partial charge in [0.15, 0.2) is 11.6 Å². The van der Waals surface area contributed by atoms with Crippen molar-refractivity contribution in [2.75, 3.05) is 0 Å². The van der Waals surface area contributed by atoms with Crippen LogP contribution < -0.4 is 10.6 Å². The van der Waals surface area contributed by atoms with Gasteiger partial charge in [0.1, 0.15) is 17.4 Å². The number of carbonyl (C=O) groups is 4. The van der Waals surface area contributed by atoms with Crippen molar-refractivity contribution >= 4 is 23.4 Å². The number of rotatable bonds is 10. The summed E-state index contributed by atoms with van der Waals surface area (Å²) in [5.41, 5.74) is 1.64. The molecule has 0 aliphatic rings. The van der Waals surface area contributed by atoms with Gasteiger partial charge in [0.2, 0.25) is 11.8 Å². The Labute approximate surface area is 186 Å². The fourth-order valence-corrected chi connectivity index (χ4v) is 3.03. The average molecular weight is 440 g/mol. The Balaban J connectivity index is 1.89. The van der Waals surface area contributed by atoms with Crippen molar-refractivity contribution in [2.45, 2.75) is 46.7 Å². The van der Waals surface area contributed by atoms with E-state index in [0.717, 1.165) is 0 Å². The van der Waals surface area contributed by atoms with Gasteiger partial charge in [-0.15, -0.1) is 0 Å². The first-order valence-corrected chi connectivity index (χ1v) is 10.4. The number of benzene rings is 2. The Kier molecular flexibility index (Phi) is 8.52. The molecular formula is C24H28N2O6. The second-order valence-electron chi connectivity index (χ2n) is 7.41. The van der Waals surface area contributed by atoms with Gasteiger partial charge in [0.05, 0.1) is 11.1 Å². The molecule has 0 saturated carbocycles. The highest BCUT2D eigenvalue weighted by molar-refractivity contribution is 6.00. The molecule has 0 radical (unpaired) electrons. The molecular weight excluding hydrogens is 412 g/mol. The molecule has 170 valence electrons. The number of hydrogen-bond acceptors (Lipinski definition) is 6. The molecule has 0 fully saturated rings. The third-order valence-corrected chi connectivity index (χ3v) is 5.09. The van der Waals surface area contributed by atoms with E-state index in [4.69, 9.17) is 0 Å². The zero-order chi connectivity index (χ0) is 23.8. The van der Waals surface area contributed by atoms with Gasteiger partial charge < -0.3 is 20.8 Å². The van der Waals surface area contributed by atoms with Gasteiger partial charge in [-0.2, -0.15) is 0 Å². The lowest BCUT2D eigenvalue weighted by molar-refractivity contribution is -0.134. The molecule has 0 unspecified atom stereocenters. The Hall–Kier alpha value is -3.68. The molecule has 0 atom stereocenters. The van der Waals surface area contributed by atoms with Gasteiger partial charge in [0.25, 0.3) is 0 Å². The van der Waals surface area contributed by atoms with Crippen molar-refractivity contribution < 1.29 is 29.4 Å². The number of Topliss-reactive ketones (excluding diaryl/α,β-unsaturated/α-hetero) is 2. The number of phenols is 2. The van der Waals surface area contributed by atoms with Crippen LogP contribution in [0, 0.1) is 5.92 Å². The molecule has 0 heterocycles. The molecule has 8 nitrogen and oxygen atoms in total. The minimum atomic E-state index is -0.973. The topological polar surface area (TPSA) is 133 Å². The van der Waals surface area contributed by atoms with Crippen LogP contribution in [0.5, 0.6) is 11.5 Å². The summed E-state index contributed by atoms with van der Waals surface area (Å²) in [5.74, 6) is -2.62. The van der Waals surface area contributed by atoms with Crippen molar-refractivity contribution in [2.24, 2.45) is 5.92 Å². The monoisotopic (exact) mass is 440 g/mol. The maximum absolute atomic E-state index is 12.3. The maximum atomic E-state index is 12.3. The molecule has 0 spiro atoms. The van der Waals surface area contributed by atoms with E-state index in [-0.39, 0.29) is 60.1 Å². The van der Waals surface area contributed by atoms with Gasteiger partial charge in [-0.3, -0.25) is 19.2 Å². The van der Waals surface area contributed by atoms with Crippen molar-refractivity contribution in [3.63, 3.8) is 0 Å². The van der Waals surface area contributed by atoms with Crippen LogP contribution in [0.15, 0.2) is 36.4 Å². The van der Waals surface area contributed by atoms with E-state index < -0.39 is 17.7 Å². The maximum Gasteiger partial charge on any atom is 0.232 e. The van der Waals surface area contributed by atoms with Crippen LogP contribution in [-0.4, -0.2) is 33.6 Å². The molecule has 0 aliphatic carbocycles. The summed E-state index contributed by atoms with van der Waals surface area (Å²) < 4.78 is 0. The molecule has 8 heteroatoms. The quantitative estimate of drug-likeness (QED) is 0.332. The lowest BCUT2D eigenvalue weighted by Crippen LogP contribution is -2.39. The first-order valence-electron chi connectivity index (χ1n) is 10.4. The van der Waals surface area contributed by atoms with E-state index in [1.165, 1.54) is 31.2 Å². The SMILES string of the molecule is CCC(=O)c1ccc(CNC(=O)C(C)C(=O)NCc2ccc(C(=O)CC)c(O)c2)cc1O. The van der Waals surface area contributed by atoms with E-state index in [1.807, 2.05) is 0 Å². The predicted octanol–water partition coefficient (Wildman–Crippen LogP) is 2.85. The molecule has 4 N–H and O–H groups in total. The summed E-state index contributed by atoms with van der Waals surface area (Å²) in [7, 11) is 0. The predicted molar refractivity (Wildman–Crippen MR) is 118 cm³/mol. The Bertz CT molecular complexity index is 950. The third kappa shape index (κ3) is 6.16. The fourth-order valence-electron chi connectivity index (χ4n) is 3.03. The summed E-state index contributed by atoms with van der Waals surface area (Å²) >= 11 is 0. The van der Waals surface area contributed by atoms with Gasteiger partial charge in [-0.1, -0.05) is 26.0 Å². The first kappa shape index (κ1) is 24.6. The molecule has 0 aromatic heterocycles. The summed E-state index contributed by atoms with van der Waals surface area (Å²) in [6, 6.07) is 9.10. The van der Waals surface area contributed by atoms with E-state index in [2.05, 4.69) is 10.6 Å². The normalized spacial score (nSPS) is 10.6. The number of amides is 2. The number of nitrogens with one attached hydrogen (secondary N) is 2. The highest BCUT2D eigenvalue weighted by Crippen LogP contribution is 2.21. The Morgan fingerprint density at radius 3 is 1.44 bits per heavy atom. The second kappa shape index (κ2) is 11.1. The smallest absolute Gasteiger partial charge is 0.232 e. The van der Waals surface area contributed by atoms with Crippen molar-refractivity contribution in [1.29, 1.82) is 0 Å². The average Bonchev–Trinajstić information content (AvgIpc) is 2.79. The van der Waals surface area contributed by atoms with E-state index in [0.29, 0.717) is 11.1 Å². The molecule has 2 aromatic carbocycles. The fraction of sp³-hybridized carbons (Fsp3) is 0.333. The lowest BCUT2D eigenvalue weighted by atomic mass is 10.0. The molecule has 0 bridgehead atoms. The zero-order valence-electron chi connectivity index (χ0n) is 18.4. The molecule has 2 aromatic rings. The Morgan fingerprint density at radius 1 is 0.750 bits per heavy atom. The van der Waals surface area contributed by atoms with E-state index >= 15 is 0 Å². The van der Waals surface area contributed by atoms with E-state index in [1.54, 1.807) is 26.0 Å². The van der Waals surface area contributed by atoms with E-state index in [9.17, 15) is 29.4 Å². The van der Waals surface area contributed by atoms with Crippen LogP contribution in [0.25, 0.3) is 0 Å². The van der Waals surface area contributed by atoms with Gasteiger partial charge in [0, 0.05) is 25.9 Å². The van der Waals surface area contributed by atoms with Crippen molar-refractivity contribution in [3.8, 4) is 11.5 Å². The number of phenolic OH excluding ortho intramolecular Hbond substituents is 2. The minimum Gasteiger partial charge on any atom is -0.507 e. The van der Waals surface area contributed by atoms with Crippen LogP contribution in [0.4, 0.5) is 0 Å². The summed E-state index contributed by atoms with van der Waals surface area (Å²) in [4.78, 5) is 48.1. The Morgan fingerprint density at radius 2 is 1.12 bits per heavy atom. The summed E-state index contributed by atoms with van der Waals surface area (Å²) in [6.45, 7) is 5.05. The largest absolute Gasteiger partial charge is 0.507 e. The van der Waals surface area contributed by atoms with Gasteiger partial charge >= 0.3 is 0 Å². The summed E-state index contributed by atoms with van der Waals surface area (Å²) in [5, 5.41) is 25.2. The first-order chi connectivity index (χ1) is 15.2. The number of ketones is 2. The summed E-state index contributed by atoms with van der Waals surface area (Å²) in [6.07, 6.45) is 0.549.